The molecule has 1 aromatic rings. The maximum absolute atomic E-state index is 12.6. The van der Waals surface area contributed by atoms with Gasteiger partial charge >= 0.3 is 0 Å². The van der Waals surface area contributed by atoms with Crippen LogP contribution in [0.3, 0.4) is 0 Å². The fraction of sp³-hybridized carbons (Fsp3) is 0.611. The Hall–Kier alpha value is -1.63. The van der Waals surface area contributed by atoms with Gasteiger partial charge in [-0.05, 0) is 31.9 Å². The van der Waals surface area contributed by atoms with Crippen molar-refractivity contribution < 1.29 is 19.4 Å². The second-order valence-corrected chi connectivity index (χ2v) is 6.61. The summed E-state index contributed by atoms with van der Waals surface area (Å²) in [6.45, 7) is 4.40. The van der Waals surface area contributed by atoms with Gasteiger partial charge in [-0.15, -0.1) is 0 Å². The van der Waals surface area contributed by atoms with Crippen LogP contribution in [0.5, 0.6) is 5.75 Å². The predicted octanol–water partition coefficient (Wildman–Crippen LogP) is 0.958. The molecule has 2 aliphatic heterocycles. The average molecular weight is 334 g/mol. The Labute approximate surface area is 142 Å². The molecule has 2 N–H and O–H groups in total. The number of fused-ring (bicyclic) bond motifs is 1. The third-order valence-electron chi connectivity index (χ3n) is 5.03. The number of carbonyl (C=O) groups excluding carboxylic acids is 1. The number of rotatable bonds is 5. The van der Waals surface area contributed by atoms with Crippen molar-refractivity contribution in [2.75, 3.05) is 33.4 Å². The lowest BCUT2D eigenvalue weighted by atomic mass is 10.1. The molecule has 1 amide bonds. The van der Waals surface area contributed by atoms with E-state index in [2.05, 4.69) is 10.2 Å². The molecule has 3 rings (SSSR count). The number of hydrogen-bond donors (Lipinski definition) is 2. The molecular weight excluding hydrogens is 308 g/mol. The summed E-state index contributed by atoms with van der Waals surface area (Å²) in [4.78, 5) is 15.0. The highest BCUT2D eigenvalue weighted by Gasteiger charge is 2.37. The summed E-state index contributed by atoms with van der Waals surface area (Å²) < 4.78 is 11.1. The second-order valence-electron chi connectivity index (χ2n) is 6.61. The molecule has 2 fully saturated rings. The molecule has 2 saturated heterocycles. The summed E-state index contributed by atoms with van der Waals surface area (Å²) in [5.74, 6) is 0.677. The number of ether oxygens (including phenoxy) is 2. The average Bonchev–Trinajstić information content (AvgIpc) is 2.96. The number of nitrogens with one attached hydrogen (secondary N) is 1. The number of aliphatic hydroxyl groups is 1. The van der Waals surface area contributed by atoms with E-state index in [1.807, 2.05) is 25.1 Å². The molecule has 2 heterocycles. The molecule has 0 aromatic heterocycles. The second kappa shape index (κ2) is 7.51. The van der Waals surface area contributed by atoms with Crippen molar-refractivity contribution in [1.29, 1.82) is 0 Å². The van der Waals surface area contributed by atoms with Crippen molar-refractivity contribution >= 4 is 5.91 Å². The van der Waals surface area contributed by atoms with Crippen LogP contribution in [0.4, 0.5) is 0 Å². The van der Waals surface area contributed by atoms with Crippen LogP contribution in [-0.2, 0) is 4.74 Å². The molecule has 3 atom stereocenters. The number of aliphatic hydroxyl groups excluding tert-OH is 1. The molecule has 6 nitrogen and oxygen atoms in total. The lowest BCUT2D eigenvalue weighted by Crippen LogP contribution is -2.46. The van der Waals surface area contributed by atoms with E-state index in [9.17, 15) is 4.79 Å². The lowest BCUT2D eigenvalue weighted by Gasteiger charge is -2.34. The van der Waals surface area contributed by atoms with E-state index < -0.39 is 0 Å². The Bertz CT molecular complexity index is 592. The van der Waals surface area contributed by atoms with Gasteiger partial charge in [-0.3, -0.25) is 9.69 Å². The van der Waals surface area contributed by atoms with Crippen molar-refractivity contribution in [2.45, 2.75) is 38.0 Å². The Morgan fingerprint density at radius 2 is 2.29 bits per heavy atom. The largest absolute Gasteiger partial charge is 0.496 e. The lowest BCUT2D eigenvalue weighted by molar-refractivity contribution is -0.0566. The third kappa shape index (κ3) is 3.55. The van der Waals surface area contributed by atoms with Crippen LogP contribution >= 0.6 is 0 Å². The number of amides is 1. The minimum atomic E-state index is -0.0518. The first kappa shape index (κ1) is 17.2. The minimum absolute atomic E-state index is 0.0518. The molecule has 0 spiro atoms. The van der Waals surface area contributed by atoms with E-state index in [4.69, 9.17) is 14.6 Å². The normalized spacial score (nSPS) is 26.9. The first-order chi connectivity index (χ1) is 11.6. The van der Waals surface area contributed by atoms with Crippen molar-refractivity contribution in [2.24, 2.45) is 0 Å². The fourth-order valence-electron chi connectivity index (χ4n) is 3.71. The molecule has 132 valence electrons. The van der Waals surface area contributed by atoms with Crippen molar-refractivity contribution in [3.63, 3.8) is 0 Å². The molecular formula is C18H26N2O4. The Morgan fingerprint density at radius 1 is 1.46 bits per heavy atom. The Kier molecular flexibility index (Phi) is 5.38. The van der Waals surface area contributed by atoms with Crippen LogP contribution in [0, 0.1) is 6.92 Å². The zero-order valence-corrected chi connectivity index (χ0v) is 14.3. The van der Waals surface area contributed by atoms with Gasteiger partial charge in [0.15, 0.2) is 0 Å². The molecule has 0 aliphatic carbocycles. The zero-order chi connectivity index (χ0) is 17.1. The summed E-state index contributed by atoms with van der Waals surface area (Å²) >= 11 is 0. The summed E-state index contributed by atoms with van der Waals surface area (Å²) in [7, 11) is 1.61. The highest BCUT2D eigenvalue weighted by atomic mass is 16.5. The molecule has 0 saturated carbocycles. The van der Waals surface area contributed by atoms with Crippen LogP contribution in [0.1, 0.15) is 28.8 Å². The molecule has 0 bridgehead atoms. The van der Waals surface area contributed by atoms with Crippen molar-refractivity contribution in [3.8, 4) is 5.75 Å². The molecule has 24 heavy (non-hydrogen) atoms. The number of nitrogens with zero attached hydrogens (tertiary/aromatic N) is 1. The molecule has 1 aromatic carbocycles. The van der Waals surface area contributed by atoms with Crippen LogP contribution < -0.4 is 10.1 Å². The fourth-order valence-corrected chi connectivity index (χ4v) is 3.71. The van der Waals surface area contributed by atoms with Crippen molar-refractivity contribution in [3.05, 3.63) is 29.3 Å². The number of benzene rings is 1. The van der Waals surface area contributed by atoms with E-state index >= 15 is 0 Å². The smallest absolute Gasteiger partial charge is 0.251 e. The van der Waals surface area contributed by atoms with E-state index in [-0.39, 0.29) is 24.7 Å². The monoisotopic (exact) mass is 334 g/mol. The number of hydrogen-bond acceptors (Lipinski definition) is 5. The van der Waals surface area contributed by atoms with E-state index in [1.165, 1.54) is 0 Å². The van der Waals surface area contributed by atoms with E-state index in [0.717, 1.165) is 30.8 Å². The van der Waals surface area contributed by atoms with Gasteiger partial charge in [-0.25, -0.2) is 0 Å². The van der Waals surface area contributed by atoms with Gasteiger partial charge in [0.25, 0.3) is 5.91 Å². The maximum atomic E-state index is 12.6. The van der Waals surface area contributed by atoms with Crippen molar-refractivity contribution in [1.82, 2.24) is 10.2 Å². The highest BCUT2D eigenvalue weighted by Crippen LogP contribution is 2.25. The zero-order valence-electron chi connectivity index (χ0n) is 14.3. The quantitative estimate of drug-likeness (QED) is 0.839. The van der Waals surface area contributed by atoms with Crippen LogP contribution in [0.15, 0.2) is 18.2 Å². The van der Waals surface area contributed by atoms with Gasteiger partial charge in [-0.1, -0.05) is 6.07 Å². The summed E-state index contributed by atoms with van der Waals surface area (Å²) in [5, 5.41) is 12.2. The first-order valence-electron chi connectivity index (χ1n) is 8.53. The third-order valence-corrected chi connectivity index (χ3v) is 5.03. The standard InChI is InChI=1S/C18H26N2O4/c1-12-16(4-3-5-17(12)23-2)18(22)19-13-8-14-11-24-15(6-7-21)10-20(14)9-13/h3-5,13-15,21H,6-11H2,1-2H3,(H,19,22)/t13-,14-,15-/m0/s1. The number of methoxy groups -OCH3 is 1. The molecule has 0 radical (unpaired) electrons. The maximum Gasteiger partial charge on any atom is 0.251 e. The van der Waals surface area contributed by atoms with Gasteiger partial charge < -0.3 is 19.9 Å². The topological polar surface area (TPSA) is 71.0 Å². The Balaban J connectivity index is 1.61. The SMILES string of the molecule is COc1cccc(C(=O)N[C@H]2C[C@H]3CO[C@@H](CCO)CN3C2)c1C. The van der Waals surface area contributed by atoms with Crippen LogP contribution in [-0.4, -0.2) is 67.5 Å². The van der Waals surface area contributed by atoms with Gasteiger partial charge in [0, 0.05) is 42.9 Å². The van der Waals surface area contributed by atoms with E-state index in [1.54, 1.807) is 7.11 Å². The minimum Gasteiger partial charge on any atom is -0.496 e. The number of carbonyl (C=O) groups is 1. The summed E-state index contributed by atoms with van der Waals surface area (Å²) in [5.41, 5.74) is 1.52. The van der Waals surface area contributed by atoms with Gasteiger partial charge in [0.1, 0.15) is 5.75 Å². The van der Waals surface area contributed by atoms with Gasteiger partial charge in [-0.2, -0.15) is 0 Å². The van der Waals surface area contributed by atoms with Crippen LogP contribution in [0.2, 0.25) is 0 Å². The highest BCUT2D eigenvalue weighted by molar-refractivity contribution is 5.96. The summed E-state index contributed by atoms with van der Waals surface area (Å²) in [6, 6.07) is 6.02. The van der Waals surface area contributed by atoms with Crippen LogP contribution in [0.25, 0.3) is 0 Å². The molecule has 2 aliphatic rings. The summed E-state index contributed by atoms with van der Waals surface area (Å²) in [6.07, 6.45) is 1.67. The molecule has 0 unspecified atom stereocenters. The first-order valence-corrected chi connectivity index (χ1v) is 8.53. The molecule has 6 heteroatoms. The van der Waals surface area contributed by atoms with Gasteiger partial charge in [0.2, 0.25) is 0 Å². The van der Waals surface area contributed by atoms with E-state index in [0.29, 0.717) is 24.6 Å². The predicted molar refractivity (Wildman–Crippen MR) is 90.4 cm³/mol. The number of morpholine rings is 1. The van der Waals surface area contributed by atoms with Gasteiger partial charge in [0.05, 0.1) is 19.8 Å². The Morgan fingerprint density at radius 3 is 3.04 bits per heavy atom.